The van der Waals surface area contributed by atoms with E-state index in [9.17, 15) is 4.79 Å². The first kappa shape index (κ1) is 13.0. The Hall–Kier alpha value is -1.06. The van der Waals surface area contributed by atoms with Crippen molar-refractivity contribution in [2.75, 3.05) is 6.54 Å². The van der Waals surface area contributed by atoms with Crippen LogP contribution in [0.15, 0.2) is 24.3 Å². The first-order valence-electron chi connectivity index (χ1n) is 5.26. The molecule has 0 bridgehead atoms. The van der Waals surface area contributed by atoms with Gasteiger partial charge < -0.3 is 5.11 Å². The number of benzene rings is 1. The topological polar surface area (TPSA) is 40.5 Å². The van der Waals surface area contributed by atoms with Crippen LogP contribution in [0, 0.1) is 0 Å². The van der Waals surface area contributed by atoms with Crippen molar-refractivity contribution in [1.82, 2.24) is 4.90 Å². The first-order chi connectivity index (χ1) is 7.54. The number of likely N-dealkylation sites (N-methyl/N-ethyl adjacent to an activating group) is 1. The highest BCUT2D eigenvalue weighted by Gasteiger charge is 2.18. The molecule has 16 heavy (non-hydrogen) atoms. The minimum absolute atomic E-state index is 0.482. The van der Waals surface area contributed by atoms with Crippen LogP contribution < -0.4 is 0 Å². The van der Waals surface area contributed by atoms with Gasteiger partial charge in [0.2, 0.25) is 0 Å². The Morgan fingerprint density at radius 3 is 2.75 bits per heavy atom. The predicted octanol–water partition coefficient (Wildman–Crippen LogP) is 2.63. The minimum Gasteiger partial charge on any atom is -0.480 e. The molecule has 1 aromatic rings. The summed E-state index contributed by atoms with van der Waals surface area (Å²) in [7, 11) is 0. The summed E-state index contributed by atoms with van der Waals surface area (Å²) in [5.74, 6) is -0.802. The molecule has 0 fully saturated rings. The third kappa shape index (κ3) is 3.51. The monoisotopic (exact) mass is 241 g/mol. The number of carbonyl (C=O) groups is 1. The molecule has 0 aromatic heterocycles. The van der Waals surface area contributed by atoms with Crippen LogP contribution in [0.5, 0.6) is 0 Å². The molecule has 0 radical (unpaired) electrons. The van der Waals surface area contributed by atoms with Crippen LogP contribution in [0.2, 0.25) is 5.02 Å². The Labute approximate surface area is 101 Å². The zero-order valence-corrected chi connectivity index (χ0v) is 10.2. The van der Waals surface area contributed by atoms with Crippen molar-refractivity contribution in [3.63, 3.8) is 0 Å². The summed E-state index contributed by atoms with van der Waals surface area (Å²) in [6.07, 6.45) is 0. The Balaban J connectivity index is 2.74. The molecule has 1 unspecified atom stereocenters. The zero-order chi connectivity index (χ0) is 12.1. The van der Waals surface area contributed by atoms with E-state index in [2.05, 4.69) is 0 Å². The van der Waals surface area contributed by atoms with Gasteiger partial charge in [-0.05, 0) is 31.2 Å². The van der Waals surface area contributed by atoms with E-state index in [1.165, 1.54) is 0 Å². The molecular formula is C12H16ClNO2. The lowest BCUT2D eigenvalue weighted by Crippen LogP contribution is -2.38. The molecule has 1 atom stereocenters. The molecule has 0 amide bonds. The second-order valence-corrected chi connectivity index (χ2v) is 4.14. The zero-order valence-electron chi connectivity index (χ0n) is 9.48. The van der Waals surface area contributed by atoms with Crippen LogP contribution in [-0.4, -0.2) is 28.6 Å². The number of halogens is 1. The van der Waals surface area contributed by atoms with Crippen LogP contribution in [0.25, 0.3) is 0 Å². The highest BCUT2D eigenvalue weighted by Crippen LogP contribution is 2.14. The van der Waals surface area contributed by atoms with E-state index in [0.717, 1.165) is 5.56 Å². The van der Waals surface area contributed by atoms with Crippen LogP contribution >= 0.6 is 11.6 Å². The fraction of sp³-hybridized carbons (Fsp3) is 0.417. The van der Waals surface area contributed by atoms with Gasteiger partial charge in [-0.1, -0.05) is 30.7 Å². The average Bonchev–Trinajstić information content (AvgIpc) is 2.25. The van der Waals surface area contributed by atoms with E-state index in [4.69, 9.17) is 16.7 Å². The number of carboxylic acids is 1. The number of rotatable bonds is 5. The fourth-order valence-electron chi connectivity index (χ4n) is 1.55. The second kappa shape index (κ2) is 5.87. The summed E-state index contributed by atoms with van der Waals surface area (Å²) < 4.78 is 0. The lowest BCUT2D eigenvalue weighted by atomic mass is 10.2. The fourth-order valence-corrected chi connectivity index (χ4v) is 1.76. The van der Waals surface area contributed by atoms with E-state index >= 15 is 0 Å². The molecule has 0 aliphatic heterocycles. The van der Waals surface area contributed by atoms with Crippen molar-refractivity contribution in [2.45, 2.75) is 26.4 Å². The summed E-state index contributed by atoms with van der Waals surface area (Å²) in [5.41, 5.74) is 1.03. The third-order valence-electron chi connectivity index (χ3n) is 2.59. The number of aliphatic carboxylic acids is 1. The number of hydrogen-bond donors (Lipinski definition) is 1. The Kier molecular flexibility index (Phi) is 4.77. The molecular weight excluding hydrogens is 226 g/mol. The van der Waals surface area contributed by atoms with Gasteiger partial charge in [0.05, 0.1) is 0 Å². The predicted molar refractivity (Wildman–Crippen MR) is 64.6 cm³/mol. The van der Waals surface area contributed by atoms with E-state index in [1.807, 2.05) is 36.1 Å². The van der Waals surface area contributed by atoms with Crippen LogP contribution in [0.4, 0.5) is 0 Å². The summed E-state index contributed by atoms with van der Waals surface area (Å²) in [4.78, 5) is 12.8. The summed E-state index contributed by atoms with van der Waals surface area (Å²) >= 11 is 5.88. The molecule has 0 saturated carbocycles. The minimum atomic E-state index is -0.802. The van der Waals surface area contributed by atoms with Gasteiger partial charge >= 0.3 is 5.97 Å². The van der Waals surface area contributed by atoms with Crippen molar-refractivity contribution in [3.05, 3.63) is 34.9 Å². The van der Waals surface area contributed by atoms with Gasteiger partial charge in [0.25, 0.3) is 0 Å². The molecule has 1 N–H and O–H groups in total. The number of carboxylic acid groups (broad SMARTS) is 1. The maximum atomic E-state index is 10.9. The van der Waals surface area contributed by atoms with Crippen LogP contribution in [0.3, 0.4) is 0 Å². The molecule has 0 spiro atoms. The normalized spacial score (nSPS) is 12.8. The molecule has 0 aliphatic rings. The highest BCUT2D eigenvalue weighted by molar-refractivity contribution is 6.30. The van der Waals surface area contributed by atoms with Gasteiger partial charge in [0, 0.05) is 11.6 Å². The Morgan fingerprint density at radius 1 is 1.56 bits per heavy atom. The summed E-state index contributed by atoms with van der Waals surface area (Å²) in [6, 6.07) is 7.00. The van der Waals surface area contributed by atoms with Gasteiger partial charge in [-0.15, -0.1) is 0 Å². The van der Waals surface area contributed by atoms with Crippen molar-refractivity contribution in [2.24, 2.45) is 0 Å². The molecule has 1 aromatic carbocycles. The van der Waals surface area contributed by atoms with Crippen molar-refractivity contribution in [1.29, 1.82) is 0 Å². The standard InChI is InChI=1S/C12H16ClNO2/c1-3-14(9(2)12(15)16)8-10-5-4-6-11(13)7-10/h4-7,9H,3,8H2,1-2H3,(H,15,16). The van der Waals surface area contributed by atoms with Gasteiger partial charge in [-0.25, -0.2) is 0 Å². The Morgan fingerprint density at radius 2 is 2.25 bits per heavy atom. The van der Waals surface area contributed by atoms with Gasteiger partial charge in [0.15, 0.2) is 0 Å². The van der Waals surface area contributed by atoms with E-state index in [0.29, 0.717) is 18.1 Å². The van der Waals surface area contributed by atoms with E-state index < -0.39 is 12.0 Å². The lowest BCUT2D eigenvalue weighted by molar-refractivity contribution is -0.142. The second-order valence-electron chi connectivity index (χ2n) is 3.71. The largest absolute Gasteiger partial charge is 0.480 e. The van der Waals surface area contributed by atoms with E-state index in [1.54, 1.807) is 6.92 Å². The van der Waals surface area contributed by atoms with Crippen molar-refractivity contribution < 1.29 is 9.90 Å². The smallest absolute Gasteiger partial charge is 0.320 e. The Bertz CT molecular complexity index is 368. The lowest BCUT2D eigenvalue weighted by Gasteiger charge is -2.24. The summed E-state index contributed by atoms with van der Waals surface area (Å²) in [6.45, 7) is 4.94. The maximum absolute atomic E-state index is 10.9. The molecule has 3 nitrogen and oxygen atoms in total. The van der Waals surface area contributed by atoms with Crippen molar-refractivity contribution in [3.8, 4) is 0 Å². The third-order valence-corrected chi connectivity index (χ3v) is 2.82. The van der Waals surface area contributed by atoms with Gasteiger partial charge in [0.1, 0.15) is 6.04 Å². The van der Waals surface area contributed by atoms with E-state index in [-0.39, 0.29) is 0 Å². The summed E-state index contributed by atoms with van der Waals surface area (Å²) in [5, 5.41) is 9.63. The maximum Gasteiger partial charge on any atom is 0.320 e. The van der Waals surface area contributed by atoms with Crippen LogP contribution in [-0.2, 0) is 11.3 Å². The highest BCUT2D eigenvalue weighted by atomic mass is 35.5. The molecule has 4 heteroatoms. The molecule has 0 saturated heterocycles. The van der Waals surface area contributed by atoms with Gasteiger partial charge in [-0.2, -0.15) is 0 Å². The molecule has 88 valence electrons. The molecule has 1 rings (SSSR count). The SMILES string of the molecule is CCN(Cc1cccc(Cl)c1)C(C)C(=O)O. The number of hydrogen-bond acceptors (Lipinski definition) is 2. The number of nitrogens with zero attached hydrogens (tertiary/aromatic N) is 1. The van der Waals surface area contributed by atoms with Crippen LogP contribution in [0.1, 0.15) is 19.4 Å². The van der Waals surface area contributed by atoms with Gasteiger partial charge in [-0.3, -0.25) is 9.69 Å². The first-order valence-corrected chi connectivity index (χ1v) is 5.63. The molecule has 0 heterocycles. The average molecular weight is 242 g/mol. The molecule has 0 aliphatic carbocycles. The van der Waals surface area contributed by atoms with Crippen molar-refractivity contribution >= 4 is 17.6 Å². The quantitative estimate of drug-likeness (QED) is 0.862.